The van der Waals surface area contributed by atoms with Crippen LogP contribution in [-0.2, 0) is 19.9 Å². The molecule has 1 aromatic rings. The molecule has 2 N–H and O–H groups in total. The van der Waals surface area contributed by atoms with Gasteiger partial charge in [0.05, 0.1) is 28.2 Å². The molecular formula is C9H12N2O7S2. The maximum absolute atomic E-state index is 11.6. The van der Waals surface area contributed by atoms with E-state index >= 15 is 0 Å². The third kappa shape index (κ3) is 5.01. The van der Waals surface area contributed by atoms with Gasteiger partial charge in [-0.3, -0.25) is 14.8 Å². The van der Waals surface area contributed by atoms with Gasteiger partial charge in [0, 0.05) is 12.3 Å². The summed E-state index contributed by atoms with van der Waals surface area (Å²) in [6.45, 7) is 0. The quantitative estimate of drug-likeness (QED) is 0.428. The van der Waals surface area contributed by atoms with E-state index in [0.29, 0.717) is 0 Å². The summed E-state index contributed by atoms with van der Waals surface area (Å²) in [4.78, 5) is 9.70. The van der Waals surface area contributed by atoms with E-state index in [4.69, 9.17) is 0 Å². The van der Waals surface area contributed by atoms with Gasteiger partial charge >= 0.3 is 0 Å². The van der Waals surface area contributed by atoms with Gasteiger partial charge in [-0.05, 0) is 6.07 Å². The highest BCUT2D eigenvalue weighted by Crippen LogP contribution is 2.28. The molecule has 0 saturated heterocycles. The number of sulfone groups is 1. The van der Waals surface area contributed by atoms with Crippen molar-refractivity contribution in [1.29, 1.82) is 0 Å². The number of anilines is 1. The number of nitrogens with one attached hydrogen (secondary N) is 1. The van der Waals surface area contributed by atoms with Crippen molar-refractivity contribution in [2.75, 3.05) is 22.5 Å². The number of nitrogens with zero attached hydrogens (tertiary/aromatic N) is 1. The second-order valence-corrected chi connectivity index (χ2v) is 8.11. The van der Waals surface area contributed by atoms with Gasteiger partial charge in [-0.2, -0.15) is 0 Å². The molecule has 0 atom stereocenters. The van der Waals surface area contributed by atoms with Crippen LogP contribution >= 0.6 is 0 Å². The van der Waals surface area contributed by atoms with Crippen molar-refractivity contribution >= 4 is 31.2 Å². The molecule has 0 heterocycles. The van der Waals surface area contributed by atoms with Gasteiger partial charge in [0.2, 0.25) is 10.0 Å². The van der Waals surface area contributed by atoms with Crippen molar-refractivity contribution in [3.8, 4) is 5.75 Å². The highest BCUT2D eigenvalue weighted by atomic mass is 32.2. The summed E-state index contributed by atoms with van der Waals surface area (Å²) in [5, 5.41) is 19.9. The molecule has 0 radical (unpaired) electrons. The number of nitro groups is 1. The van der Waals surface area contributed by atoms with Gasteiger partial charge in [-0.1, -0.05) is 0 Å². The standard InChI is InChI=1S/C9H12N2O7S2/c1-19(15,16)4-5-20(17,18)10-8-3-2-7(11(13)14)6-9(8)12/h2-3,6,10,12H,4-5H2,1H3. The molecule has 0 saturated carbocycles. The second-order valence-electron chi connectivity index (χ2n) is 4.01. The van der Waals surface area contributed by atoms with Gasteiger partial charge in [0.25, 0.3) is 5.69 Å². The first-order valence-electron chi connectivity index (χ1n) is 5.16. The number of phenolic OH excluding ortho intramolecular Hbond substituents is 1. The minimum atomic E-state index is -3.98. The van der Waals surface area contributed by atoms with Crippen LogP contribution in [0.1, 0.15) is 0 Å². The number of sulfonamides is 1. The van der Waals surface area contributed by atoms with Crippen LogP contribution in [0.5, 0.6) is 5.75 Å². The van der Waals surface area contributed by atoms with Crippen LogP contribution in [0.15, 0.2) is 18.2 Å². The molecule has 0 fully saturated rings. The lowest BCUT2D eigenvalue weighted by Gasteiger charge is -2.08. The second kappa shape index (κ2) is 5.63. The van der Waals surface area contributed by atoms with Crippen LogP contribution in [0.2, 0.25) is 0 Å². The average molecular weight is 324 g/mol. The Kier molecular flexibility index (Phi) is 4.55. The molecule has 0 unspecified atom stereocenters. The van der Waals surface area contributed by atoms with Crippen molar-refractivity contribution < 1.29 is 26.9 Å². The van der Waals surface area contributed by atoms with E-state index in [9.17, 15) is 32.1 Å². The van der Waals surface area contributed by atoms with E-state index in [-0.39, 0.29) is 5.69 Å². The Hall–Kier alpha value is -1.88. The highest BCUT2D eigenvalue weighted by Gasteiger charge is 2.17. The van der Waals surface area contributed by atoms with Crippen LogP contribution in [-0.4, -0.2) is 44.6 Å². The lowest BCUT2D eigenvalue weighted by atomic mass is 10.3. The number of hydrogen-bond acceptors (Lipinski definition) is 7. The number of hydrogen-bond donors (Lipinski definition) is 2. The van der Waals surface area contributed by atoms with Crippen molar-refractivity contribution in [3.05, 3.63) is 28.3 Å². The fraction of sp³-hybridized carbons (Fsp3) is 0.333. The van der Waals surface area contributed by atoms with E-state index in [2.05, 4.69) is 0 Å². The molecule has 0 aliphatic rings. The van der Waals surface area contributed by atoms with E-state index in [1.54, 1.807) is 0 Å². The summed E-state index contributed by atoms with van der Waals surface area (Å²) < 4.78 is 47.0. The fourth-order valence-electron chi connectivity index (χ4n) is 1.20. The maximum atomic E-state index is 11.6. The minimum absolute atomic E-state index is 0.260. The molecule has 1 rings (SSSR count). The molecule has 0 amide bonds. The molecule has 0 spiro atoms. The molecule has 1 aromatic carbocycles. The monoisotopic (exact) mass is 324 g/mol. The Morgan fingerprint density at radius 2 is 1.85 bits per heavy atom. The van der Waals surface area contributed by atoms with Crippen LogP contribution in [0.25, 0.3) is 0 Å². The van der Waals surface area contributed by atoms with Gasteiger partial charge in [0.15, 0.2) is 0 Å². The van der Waals surface area contributed by atoms with Crippen LogP contribution in [0.3, 0.4) is 0 Å². The van der Waals surface area contributed by atoms with Crippen molar-refractivity contribution in [2.24, 2.45) is 0 Å². The normalized spacial score (nSPS) is 12.1. The van der Waals surface area contributed by atoms with E-state index in [1.807, 2.05) is 4.72 Å². The van der Waals surface area contributed by atoms with E-state index in [0.717, 1.165) is 24.5 Å². The molecule has 0 aromatic heterocycles. The predicted octanol–water partition coefficient (Wildman–Crippen LogP) is 0.0867. The van der Waals surface area contributed by atoms with E-state index in [1.165, 1.54) is 0 Å². The van der Waals surface area contributed by atoms with Gasteiger partial charge in [-0.25, -0.2) is 16.8 Å². The molecule has 0 bridgehead atoms. The summed E-state index contributed by atoms with van der Waals surface area (Å²) >= 11 is 0. The molecule has 11 heteroatoms. The number of aromatic hydroxyl groups is 1. The van der Waals surface area contributed by atoms with E-state index < -0.39 is 47.7 Å². The molecule has 9 nitrogen and oxygen atoms in total. The SMILES string of the molecule is CS(=O)(=O)CCS(=O)(=O)Nc1ccc([N+](=O)[O-])cc1O. The Morgan fingerprint density at radius 1 is 1.25 bits per heavy atom. The Labute approximate surface area is 115 Å². The predicted molar refractivity (Wildman–Crippen MR) is 71.9 cm³/mol. The zero-order valence-electron chi connectivity index (χ0n) is 10.3. The average Bonchev–Trinajstić information content (AvgIpc) is 2.28. The summed E-state index contributed by atoms with van der Waals surface area (Å²) in [5.41, 5.74) is -0.661. The molecule has 0 aliphatic carbocycles. The highest BCUT2D eigenvalue weighted by molar-refractivity contribution is 7.95. The number of rotatable bonds is 6. The fourth-order valence-corrected chi connectivity index (χ4v) is 3.90. The molecule has 112 valence electrons. The zero-order chi connectivity index (χ0) is 15.6. The Bertz CT molecular complexity index is 725. The summed E-state index contributed by atoms with van der Waals surface area (Å²) in [5.74, 6) is -1.87. The van der Waals surface area contributed by atoms with Crippen LogP contribution < -0.4 is 4.72 Å². The number of nitro benzene ring substituents is 1. The lowest BCUT2D eigenvalue weighted by molar-refractivity contribution is -0.384. The first-order valence-corrected chi connectivity index (χ1v) is 8.87. The smallest absolute Gasteiger partial charge is 0.273 e. The van der Waals surface area contributed by atoms with Crippen LogP contribution in [0.4, 0.5) is 11.4 Å². The topological polar surface area (TPSA) is 144 Å². The third-order valence-corrected chi connectivity index (χ3v) is 4.66. The summed E-state index contributed by atoms with van der Waals surface area (Å²) in [7, 11) is -7.43. The third-order valence-electron chi connectivity index (χ3n) is 2.18. The Morgan fingerprint density at radius 3 is 2.30 bits per heavy atom. The minimum Gasteiger partial charge on any atom is -0.505 e. The molecule has 0 aliphatic heterocycles. The Balaban J connectivity index is 2.90. The van der Waals surface area contributed by atoms with Crippen LogP contribution in [0, 0.1) is 10.1 Å². The zero-order valence-corrected chi connectivity index (χ0v) is 11.9. The summed E-state index contributed by atoms with van der Waals surface area (Å²) in [6.07, 6.45) is 0.895. The van der Waals surface area contributed by atoms with Gasteiger partial charge < -0.3 is 5.11 Å². The molecule has 20 heavy (non-hydrogen) atoms. The largest absolute Gasteiger partial charge is 0.505 e. The summed E-state index contributed by atoms with van der Waals surface area (Å²) in [6, 6.07) is 2.81. The first kappa shape index (κ1) is 16.2. The maximum Gasteiger partial charge on any atom is 0.273 e. The van der Waals surface area contributed by atoms with Gasteiger partial charge in [-0.15, -0.1) is 0 Å². The number of non-ortho nitro benzene ring substituents is 1. The van der Waals surface area contributed by atoms with Crippen molar-refractivity contribution in [3.63, 3.8) is 0 Å². The lowest BCUT2D eigenvalue weighted by Crippen LogP contribution is -2.22. The molecular weight excluding hydrogens is 312 g/mol. The van der Waals surface area contributed by atoms with Gasteiger partial charge in [0.1, 0.15) is 15.6 Å². The first-order chi connectivity index (χ1) is 9.00. The number of benzene rings is 1. The van der Waals surface area contributed by atoms with Crippen molar-refractivity contribution in [2.45, 2.75) is 0 Å². The van der Waals surface area contributed by atoms with Crippen molar-refractivity contribution in [1.82, 2.24) is 0 Å². The number of phenols is 1.